The van der Waals surface area contributed by atoms with Crippen LogP contribution in [0.5, 0.6) is 17.2 Å². The van der Waals surface area contributed by atoms with E-state index in [-0.39, 0.29) is 41.9 Å². The second-order valence-electron chi connectivity index (χ2n) is 16.2. The molecular formula is C49H47N3O9S2. The lowest BCUT2D eigenvalue weighted by molar-refractivity contribution is -0.116. The van der Waals surface area contributed by atoms with Crippen LogP contribution in [-0.4, -0.2) is 58.2 Å². The van der Waals surface area contributed by atoms with E-state index in [0.29, 0.717) is 82.3 Å². The van der Waals surface area contributed by atoms with E-state index < -0.39 is 16.2 Å². The van der Waals surface area contributed by atoms with E-state index >= 15 is 0 Å². The molecule has 0 unspecified atom stereocenters. The fourth-order valence-corrected chi connectivity index (χ4v) is 10.4. The monoisotopic (exact) mass is 885 g/mol. The maximum Gasteiger partial charge on any atom is 0.294 e. The van der Waals surface area contributed by atoms with E-state index in [1.165, 1.54) is 11.6 Å². The SMILES string of the molecule is COc1cc2c(cc1OCc1cc(COc3cc4c(cc3C)C(=O)N3c5ccccc5C[C@H]3C(S(=O)(=O)OC)=C4)cc(NC(=O)CCCS)c1)CC[C@@H]1Cc3ccccc3N1C2=O. The van der Waals surface area contributed by atoms with Gasteiger partial charge in [0.15, 0.2) is 11.5 Å². The summed E-state index contributed by atoms with van der Waals surface area (Å²) in [6, 6.07) is 27.5. The Kier molecular flexibility index (Phi) is 11.5. The smallest absolute Gasteiger partial charge is 0.294 e. The fraction of sp³-hybridized carbons (Fsp3) is 0.286. The van der Waals surface area contributed by atoms with Gasteiger partial charge in [-0.3, -0.25) is 23.5 Å². The first kappa shape index (κ1) is 42.2. The molecule has 5 aromatic carbocycles. The van der Waals surface area contributed by atoms with Gasteiger partial charge in [-0.1, -0.05) is 36.4 Å². The molecule has 14 heteroatoms. The van der Waals surface area contributed by atoms with Crippen LogP contribution in [0.2, 0.25) is 0 Å². The fourth-order valence-electron chi connectivity index (χ4n) is 9.23. The van der Waals surface area contributed by atoms with Crippen LogP contribution in [0.3, 0.4) is 0 Å². The molecule has 12 nitrogen and oxygen atoms in total. The van der Waals surface area contributed by atoms with Crippen molar-refractivity contribution in [2.24, 2.45) is 0 Å². The summed E-state index contributed by atoms with van der Waals surface area (Å²) >= 11 is 4.26. The predicted octanol–water partition coefficient (Wildman–Crippen LogP) is 8.23. The highest BCUT2D eigenvalue weighted by atomic mass is 32.2. The maximum absolute atomic E-state index is 14.2. The number of anilines is 3. The van der Waals surface area contributed by atoms with Crippen LogP contribution >= 0.6 is 12.6 Å². The molecule has 0 aliphatic carbocycles. The number of carbonyl (C=O) groups is 3. The molecule has 5 aromatic rings. The number of rotatable bonds is 13. The van der Waals surface area contributed by atoms with Crippen LogP contribution in [-0.2, 0) is 51.6 Å². The first-order chi connectivity index (χ1) is 30.5. The first-order valence-corrected chi connectivity index (χ1v) is 23.0. The normalized spacial score (nSPS) is 17.3. The number of hydrogen-bond acceptors (Lipinski definition) is 10. The highest BCUT2D eigenvalue weighted by Gasteiger charge is 2.43. The third-order valence-corrected chi connectivity index (χ3v) is 14.0. The number of para-hydroxylation sites is 2. The summed E-state index contributed by atoms with van der Waals surface area (Å²) in [5.74, 6) is 1.43. The lowest BCUT2D eigenvalue weighted by Crippen LogP contribution is -2.39. The maximum atomic E-state index is 14.2. The van der Waals surface area contributed by atoms with E-state index in [4.69, 9.17) is 18.4 Å². The molecule has 0 radical (unpaired) electrons. The summed E-state index contributed by atoms with van der Waals surface area (Å²) in [6.45, 7) is 2.02. The van der Waals surface area contributed by atoms with E-state index in [0.717, 1.165) is 47.9 Å². The third kappa shape index (κ3) is 8.07. The molecule has 9 rings (SSSR count). The Bertz CT molecular complexity index is 2820. The van der Waals surface area contributed by atoms with Crippen molar-refractivity contribution in [3.05, 3.63) is 146 Å². The number of nitrogens with one attached hydrogen (secondary N) is 1. The van der Waals surface area contributed by atoms with E-state index in [1.807, 2.05) is 78.6 Å². The number of benzene rings is 5. The van der Waals surface area contributed by atoms with Crippen molar-refractivity contribution in [2.45, 2.75) is 70.7 Å². The van der Waals surface area contributed by atoms with Crippen molar-refractivity contribution in [3.8, 4) is 17.2 Å². The molecule has 0 bridgehead atoms. The summed E-state index contributed by atoms with van der Waals surface area (Å²) in [5.41, 5.74) is 8.60. The summed E-state index contributed by atoms with van der Waals surface area (Å²) < 4.78 is 50.4. The third-order valence-electron chi connectivity index (χ3n) is 12.3. The van der Waals surface area contributed by atoms with Crippen molar-refractivity contribution in [1.82, 2.24) is 0 Å². The molecule has 0 spiro atoms. The molecule has 0 saturated carbocycles. The lowest BCUT2D eigenvalue weighted by Gasteiger charge is -2.25. The number of aryl methyl sites for hydroxylation is 2. The number of amides is 3. The van der Waals surface area contributed by atoms with Gasteiger partial charge in [-0.25, -0.2) is 0 Å². The largest absolute Gasteiger partial charge is 0.493 e. The van der Waals surface area contributed by atoms with Crippen LogP contribution in [0, 0.1) is 6.92 Å². The quantitative estimate of drug-likeness (QED) is 0.0884. The number of thiol groups is 1. The summed E-state index contributed by atoms with van der Waals surface area (Å²) in [6.07, 6.45) is 5.10. The van der Waals surface area contributed by atoms with Crippen LogP contribution in [0.1, 0.15) is 78.9 Å². The zero-order chi connectivity index (χ0) is 44.0. The molecule has 4 heterocycles. The van der Waals surface area contributed by atoms with Crippen molar-refractivity contribution >= 4 is 63.6 Å². The van der Waals surface area contributed by atoms with Gasteiger partial charge in [0.05, 0.1) is 25.2 Å². The van der Waals surface area contributed by atoms with Gasteiger partial charge in [-0.2, -0.15) is 21.0 Å². The Balaban J connectivity index is 0.990. The van der Waals surface area contributed by atoms with Gasteiger partial charge in [0.25, 0.3) is 21.9 Å². The van der Waals surface area contributed by atoms with Gasteiger partial charge in [-0.15, -0.1) is 0 Å². The molecule has 4 aliphatic heterocycles. The van der Waals surface area contributed by atoms with Gasteiger partial charge in [-0.05, 0) is 138 Å². The average molecular weight is 886 g/mol. The average Bonchev–Trinajstić information content (AvgIpc) is 3.79. The Morgan fingerprint density at radius 2 is 1.44 bits per heavy atom. The number of carbonyl (C=O) groups excluding carboxylic acids is 3. The predicted molar refractivity (Wildman–Crippen MR) is 245 cm³/mol. The first-order valence-electron chi connectivity index (χ1n) is 21.0. The van der Waals surface area contributed by atoms with Crippen LogP contribution in [0.15, 0.2) is 95.9 Å². The van der Waals surface area contributed by atoms with E-state index in [9.17, 15) is 22.8 Å². The second-order valence-corrected chi connectivity index (χ2v) is 18.4. The van der Waals surface area contributed by atoms with Crippen LogP contribution in [0.25, 0.3) is 6.08 Å². The Morgan fingerprint density at radius 1 is 0.778 bits per heavy atom. The van der Waals surface area contributed by atoms with Crippen LogP contribution < -0.4 is 29.3 Å². The van der Waals surface area contributed by atoms with Gasteiger partial charge >= 0.3 is 0 Å². The number of ether oxygens (including phenoxy) is 3. The molecule has 1 N–H and O–H groups in total. The standard InChI is InChI=1S/C49H47N3O9S2/c1-29-17-38-35(25-46(63(56,57)59-3)42-22-34-10-5-7-12-41(34)52(42)49(38)55)24-43(29)60-27-30-18-31(20-36(19-30)50-47(53)13-8-16-62)28-61-45-23-32-14-15-37-21-33-9-4-6-11-40(33)51(37)48(54)39(32)26-44(45)58-2/h4-7,9-12,17-20,23-26,37,42,62H,8,13-16,21-22,27-28H2,1-3H3,(H,50,53)/t37-,42+/m1/s1. The number of methoxy groups -OCH3 is 1. The lowest BCUT2D eigenvalue weighted by atomic mass is 9.99. The zero-order valence-electron chi connectivity index (χ0n) is 35.2. The number of fused-ring (bicyclic) bond motifs is 8. The van der Waals surface area contributed by atoms with Crippen molar-refractivity contribution in [2.75, 3.05) is 35.1 Å². The molecule has 0 fully saturated rings. The van der Waals surface area contributed by atoms with Gasteiger partial charge < -0.3 is 24.4 Å². The molecule has 324 valence electrons. The highest BCUT2D eigenvalue weighted by Crippen LogP contribution is 2.43. The number of hydrogen-bond donors (Lipinski definition) is 2. The van der Waals surface area contributed by atoms with Gasteiger partial charge in [0.2, 0.25) is 5.91 Å². The van der Waals surface area contributed by atoms with Crippen molar-refractivity contribution in [1.29, 1.82) is 0 Å². The minimum absolute atomic E-state index is 0.0158. The van der Waals surface area contributed by atoms with Gasteiger partial charge in [0, 0.05) is 47.1 Å². The topological polar surface area (TPSA) is 141 Å². The minimum atomic E-state index is -4.19. The molecule has 2 atom stereocenters. The Morgan fingerprint density at radius 3 is 2.14 bits per heavy atom. The molecule has 63 heavy (non-hydrogen) atoms. The molecule has 4 aliphatic rings. The van der Waals surface area contributed by atoms with Gasteiger partial charge in [0.1, 0.15) is 19.0 Å². The summed E-state index contributed by atoms with van der Waals surface area (Å²) in [4.78, 5) is 44.6. The van der Waals surface area contributed by atoms with Crippen LogP contribution in [0.4, 0.5) is 17.1 Å². The van der Waals surface area contributed by atoms with Crippen molar-refractivity contribution in [3.63, 3.8) is 0 Å². The summed E-state index contributed by atoms with van der Waals surface area (Å²) in [7, 11) is -1.52. The minimum Gasteiger partial charge on any atom is -0.493 e. The van der Waals surface area contributed by atoms with E-state index in [2.05, 4.69) is 24.0 Å². The highest BCUT2D eigenvalue weighted by molar-refractivity contribution is 7.91. The summed E-state index contributed by atoms with van der Waals surface area (Å²) in [5, 5.41) is 3.00. The molecule has 3 amide bonds. The molecular weight excluding hydrogens is 839 g/mol. The Hall–Kier alpha value is -6.09. The zero-order valence-corrected chi connectivity index (χ0v) is 36.9. The molecule has 0 aromatic heterocycles. The van der Waals surface area contributed by atoms with E-state index in [1.54, 1.807) is 30.2 Å². The van der Waals surface area contributed by atoms with Crippen molar-refractivity contribution < 1.29 is 41.2 Å². The number of nitrogens with zero attached hydrogens (tertiary/aromatic N) is 2. The second kappa shape index (κ2) is 17.2. The molecule has 0 saturated heterocycles. The Labute approximate surface area is 372 Å².